The summed E-state index contributed by atoms with van der Waals surface area (Å²) in [5.41, 5.74) is 0.870. The number of carbonyl (C=O) groups is 2. The Labute approximate surface area is 200 Å². The van der Waals surface area contributed by atoms with Crippen molar-refractivity contribution in [1.29, 1.82) is 0 Å². The molecule has 0 aliphatic rings. The van der Waals surface area contributed by atoms with Crippen LogP contribution in [0, 0.1) is 5.82 Å². The number of methoxy groups -OCH3 is 1. The van der Waals surface area contributed by atoms with Crippen LogP contribution in [0.15, 0.2) is 48.5 Å². The van der Waals surface area contributed by atoms with Gasteiger partial charge in [0.25, 0.3) is 0 Å². The number of hydrogen-bond donors (Lipinski definition) is 1. The van der Waals surface area contributed by atoms with Gasteiger partial charge in [-0.25, -0.2) is 12.8 Å². The normalized spacial score (nSPS) is 12.2. The van der Waals surface area contributed by atoms with Gasteiger partial charge in [-0.1, -0.05) is 25.1 Å². The Kier molecular flexibility index (Phi) is 9.43. The van der Waals surface area contributed by atoms with E-state index in [1.807, 2.05) is 13.8 Å². The predicted octanol–water partition coefficient (Wildman–Crippen LogP) is 2.93. The monoisotopic (exact) mass is 493 g/mol. The first-order valence-electron chi connectivity index (χ1n) is 10.9. The molecule has 10 heteroatoms. The molecule has 1 N–H and O–H groups in total. The molecule has 0 fully saturated rings. The fourth-order valence-electron chi connectivity index (χ4n) is 3.47. The number of nitrogens with zero attached hydrogens (tertiary/aromatic N) is 2. The van der Waals surface area contributed by atoms with E-state index in [0.29, 0.717) is 17.7 Å². The molecule has 0 bridgehead atoms. The fourth-order valence-corrected chi connectivity index (χ4v) is 4.31. The Morgan fingerprint density at radius 3 is 2.29 bits per heavy atom. The number of rotatable bonds is 11. The number of benzene rings is 2. The third-order valence-electron chi connectivity index (χ3n) is 5.10. The number of hydrogen-bond acceptors (Lipinski definition) is 5. The standard InChI is InChI=1S/C24H32FN3O5S/c1-6-22(24(30)26-17(2)3)27(15-18-10-12-19(25)13-11-18)23(29)16-28(34(5,31)32)20-8-7-9-21(14-20)33-4/h7-14,17,22H,6,15-16H2,1-5H3,(H,26,30)/t22-/m0/s1. The highest BCUT2D eigenvalue weighted by molar-refractivity contribution is 7.92. The van der Waals surface area contributed by atoms with Crippen LogP contribution in [0.1, 0.15) is 32.8 Å². The van der Waals surface area contributed by atoms with Crippen LogP contribution in [0.25, 0.3) is 0 Å². The van der Waals surface area contributed by atoms with Crippen molar-refractivity contribution in [1.82, 2.24) is 10.2 Å². The second-order valence-electron chi connectivity index (χ2n) is 8.21. The van der Waals surface area contributed by atoms with Crippen LogP contribution < -0.4 is 14.4 Å². The molecule has 186 valence electrons. The largest absolute Gasteiger partial charge is 0.497 e. The molecule has 0 heterocycles. The lowest BCUT2D eigenvalue weighted by molar-refractivity contribution is -0.140. The molecule has 0 aliphatic carbocycles. The van der Waals surface area contributed by atoms with Gasteiger partial charge in [-0.2, -0.15) is 0 Å². The molecule has 2 aromatic rings. The summed E-state index contributed by atoms with van der Waals surface area (Å²) in [4.78, 5) is 27.8. The quantitative estimate of drug-likeness (QED) is 0.519. The molecule has 0 radical (unpaired) electrons. The van der Waals surface area contributed by atoms with Gasteiger partial charge in [0, 0.05) is 18.7 Å². The van der Waals surface area contributed by atoms with Gasteiger partial charge in [-0.15, -0.1) is 0 Å². The Bertz CT molecular complexity index is 1090. The van der Waals surface area contributed by atoms with Gasteiger partial charge >= 0.3 is 0 Å². The van der Waals surface area contributed by atoms with Crippen LogP contribution in [0.5, 0.6) is 5.75 Å². The van der Waals surface area contributed by atoms with Crippen molar-refractivity contribution in [3.05, 3.63) is 59.9 Å². The van der Waals surface area contributed by atoms with Gasteiger partial charge in [-0.3, -0.25) is 13.9 Å². The number of ether oxygens (including phenoxy) is 1. The molecule has 2 aromatic carbocycles. The zero-order valence-electron chi connectivity index (χ0n) is 20.1. The maximum atomic E-state index is 13.5. The van der Waals surface area contributed by atoms with Crippen molar-refractivity contribution < 1.29 is 27.1 Å². The molecular weight excluding hydrogens is 461 g/mol. The van der Waals surface area contributed by atoms with E-state index < -0.39 is 34.3 Å². The number of carbonyl (C=O) groups excluding carboxylic acids is 2. The minimum atomic E-state index is -3.84. The molecule has 1 atom stereocenters. The fraction of sp³-hybridized carbons (Fsp3) is 0.417. The smallest absolute Gasteiger partial charge is 0.244 e. The van der Waals surface area contributed by atoms with Gasteiger partial charge in [0.1, 0.15) is 24.2 Å². The number of nitrogens with one attached hydrogen (secondary N) is 1. The first kappa shape index (κ1) is 27.1. The molecule has 34 heavy (non-hydrogen) atoms. The van der Waals surface area contributed by atoms with Crippen LogP contribution in [0.3, 0.4) is 0 Å². The van der Waals surface area contributed by atoms with Crippen LogP contribution in [0.4, 0.5) is 10.1 Å². The predicted molar refractivity (Wildman–Crippen MR) is 129 cm³/mol. The van der Waals surface area contributed by atoms with E-state index in [1.165, 1.54) is 42.3 Å². The summed E-state index contributed by atoms with van der Waals surface area (Å²) in [6, 6.07) is 11.0. The van der Waals surface area contributed by atoms with Gasteiger partial charge in [0.2, 0.25) is 21.8 Å². The van der Waals surface area contributed by atoms with Crippen molar-refractivity contribution in [2.24, 2.45) is 0 Å². The van der Waals surface area contributed by atoms with E-state index in [-0.39, 0.29) is 24.2 Å². The number of halogens is 1. The molecule has 0 unspecified atom stereocenters. The number of anilines is 1. The zero-order valence-corrected chi connectivity index (χ0v) is 20.9. The second kappa shape index (κ2) is 11.8. The van der Waals surface area contributed by atoms with E-state index in [4.69, 9.17) is 4.74 Å². The molecule has 0 aromatic heterocycles. The first-order valence-corrected chi connectivity index (χ1v) is 12.8. The van der Waals surface area contributed by atoms with Gasteiger partial charge in [0.05, 0.1) is 19.1 Å². The lowest BCUT2D eigenvalue weighted by Crippen LogP contribution is -2.53. The highest BCUT2D eigenvalue weighted by Crippen LogP contribution is 2.24. The van der Waals surface area contributed by atoms with Crippen molar-refractivity contribution >= 4 is 27.5 Å². The summed E-state index contributed by atoms with van der Waals surface area (Å²) < 4.78 is 44.8. The van der Waals surface area contributed by atoms with E-state index in [9.17, 15) is 22.4 Å². The molecule has 2 amide bonds. The van der Waals surface area contributed by atoms with E-state index in [2.05, 4.69) is 5.32 Å². The van der Waals surface area contributed by atoms with Gasteiger partial charge in [0.15, 0.2) is 0 Å². The third kappa shape index (κ3) is 7.44. The Morgan fingerprint density at radius 2 is 1.76 bits per heavy atom. The zero-order chi connectivity index (χ0) is 25.5. The van der Waals surface area contributed by atoms with E-state index in [0.717, 1.165) is 10.6 Å². The van der Waals surface area contributed by atoms with Gasteiger partial charge in [-0.05, 0) is 50.1 Å². The first-order chi connectivity index (χ1) is 16.0. The molecule has 0 saturated heterocycles. The maximum absolute atomic E-state index is 13.5. The molecule has 0 saturated carbocycles. The second-order valence-corrected chi connectivity index (χ2v) is 10.1. The lowest BCUT2D eigenvalue weighted by atomic mass is 10.1. The van der Waals surface area contributed by atoms with Crippen LogP contribution >= 0.6 is 0 Å². The molecule has 0 aliphatic heterocycles. The van der Waals surface area contributed by atoms with Crippen molar-refractivity contribution in [2.75, 3.05) is 24.2 Å². The Morgan fingerprint density at radius 1 is 1.12 bits per heavy atom. The minimum absolute atomic E-state index is 0.0127. The number of amides is 2. The molecule has 2 rings (SSSR count). The van der Waals surface area contributed by atoms with E-state index in [1.54, 1.807) is 25.1 Å². The SMILES string of the molecule is CC[C@@H](C(=O)NC(C)C)N(Cc1ccc(F)cc1)C(=O)CN(c1cccc(OC)c1)S(C)(=O)=O. The summed E-state index contributed by atoms with van der Waals surface area (Å²) in [6.07, 6.45) is 1.32. The topological polar surface area (TPSA) is 96.0 Å². The summed E-state index contributed by atoms with van der Waals surface area (Å²) in [6.45, 7) is 4.89. The van der Waals surface area contributed by atoms with E-state index >= 15 is 0 Å². The van der Waals surface area contributed by atoms with Crippen LogP contribution in [-0.2, 0) is 26.2 Å². The van der Waals surface area contributed by atoms with Crippen LogP contribution in [0.2, 0.25) is 0 Å². The average molecular weight is 494 g/mol. The highest BCUT2D eigenvalue weighted by Gasteiger charge is 2.32. The van der Waals surface area contributed by atoms with Crippen molar-refractivity contribution in [2.45, 2.75) is 45.8 Å². The molecular formula is C24H32FN3O5S. The van der Waals surface area contributed by atoms with Crippen molar-refractivity contribution in [3.8, 4) is 5.75 Å². The van der Waals surface area contributed by atoms with Crippen LogP contribution in [-0.4, -0.2) is 57.1 Å². The summed E-state index contributed by atoms with van der Waals surface area (Å²) in [5.74, 6) is -0.902. The highest BCUT2D eigenvalue weighted by atomic mass is 32.2. The number of sulfonamides is 1. The average Bonchev–Trinajstić information content (AvgIpc) is 2.77. The Balaban J connectivity index is 2.44. The summed E-state index contributed by atoms with van der Waals surface area (Å²) >= 11 is 0. The molecule has 0 spiro atoms. The Hall–Kier alpha value is -3.14. The molecule has 8 nitrogen and oxygen atoms in total. The summed E-state index contributed by atoms with van der Waals surface area (Å²) in [5, 5.41) is 2.81. The van der Waals surface area contributed by atoms with Crippen molar-refractivity contribution in [3.63, 3.8) is 0 Å². The van der Waals surface area contributed by atoms with Gasteiger partial charge < -0.3 is 15.0 Å². The lowest BCUT2D eigenvalue weighted by Gasteiger charge is -2.33. The third-order valence-corrected chi connectivity index (χ3v) is 6.24. The summed E-state index contributed by atoms with van der Waals surface area (Å²) in [7, 11) is -2.38. The maximum Gasteiger partial charge on any atom is 0.244 e. The minimum Gasteiger partial charge on any atom is -0.497 e.